The molecule has 1 fully saturated rings. The molecule has 0 saturated carbocycles. The first-order valence-electron chi connectivity index (χ1n) is 15.5. The minimum atomic E-state index is -0.919. The average Bonchev–Trinajstić information content (AvgIpc) is 3.06. The van der Waals surface area contributed by atoms with Gasteiger partial charge in [-0.2, -0.15) is 0 Å². The van der Waals surface area contributed by atoms with Crippen LogP contribution in [0.2, 0.25) is 0 Å². The van der Waals surface area contributed by atoms with E-state index in [0.717, 1.165) is 44.5 Å². The summed E-state index contributed by atoms with van der Waals surface area (Å²) in [5.41, 5.74) is 2.59. The van der Waals surface area contributed by atoms with Crippen molar-refractivity contribution in [3.63, 3.8) is 0 Å². The number of carbonyl (C=O) groups excluding carboxylic acids is 2. The van der Waals surface area contributed by atoms with Crippen LogP contribution in [-0.2, 0) is 35.0 Å². The number of rotatable bonds is 15. The summed E-state index contributed by atoms with van der Waals surface area (Å²) in [5.74, 6) is -2.26. The van der Waals surface area contributed by atoms with Crippen molar-refractivity contribution < 1.29 is 38.2 Å². The first-order valence-corrected chi connectivity index (χ1v) is 15.5. The van der Waals surface area contributed by atoms with Gasteiger partial charge in [0.2, 0.25) is 0 Å². The van der Waals surface area contributed by atoms with Gasteiger partial charge in [-0.1, -0.05) is 31.2 Å². The number of methoxy groups -OCH3 is 1. The van der Waals surface area contributed by atoms with Gasteiger partial charge in [0, 0.05) is 42.5 Å². The third kappa shape index (κ3) is 9.21. The molecular weight excluding hydrogens is 580 g/mol. The van der Waals surface area contributed by atoms with Crippen LogP contribution in [0.15, 0.2) is 64.8 Å². The van der Waals surface area contributed by atoms with Crippen LogP contribution in [0, 0.1) is 16.0 Å². The van der Waals surface area contributed by atoms with Crippen molar-refractivity contribution >= 4 is 23.3 Å². The smallest absolute Gasteiger partial charge is 0.336 e. The molecule has 0 aliphatic carbocycles. The summed E-state index contributed by atoms with van der Waals surface area (Å²) in [4.78, 5) is 41.9. The van der Waals surface area contributed by atoms with Gasteiger partial charge in [-0.25, -0.2) is 4.79 Å². The number of non-ortho nitro benzene ring substituents is 1. The van der Waals surface area contributed by atoms with Crippen LogP contribution in [0.5, 0.6) is 5.75 Å². The van der Waals surface area contributed by atoms with Crippen molar-refractivity contribution in [1.82, 2.24) is 0 Å². The van der Waals surface area contributed by atoms with Gasteiger partial charge in [0.1, 0.15) is 11.7 Å². The highest BCUT2D eigenvalue weighted by Crippen LogP contribution is 2.41. The normalized spacial score (nSPS) is 19.9. The van der Waals surface area contributed by atoms with Crippen LogP contribution in [0.1, 0.15) is 69.4 Å². The Balaban J connectivity index is 1.31. The number of nitrogens with zero attached hydrogens (tertiary/aromatic N) is 2. The first-order chi connectivity index (χ1) is 21.8. The average molecular weight is 623 g/mol. The van der Waals surface area contributed by atoms with E-state index < -0.39 is 28.7 Å². The number of nitro groups is 1. The fourth-order valence-electron chi connectivity index (χ4n) is 5.67. The Morgan fingerprint density at radius 1 is 1.07 bits per heavy atom. The fourth-order valence-corrected chi connectivity index (χ4v) is 5.67. The van der Waals surface area contributed by atoms with Crippen molar-refractivity contribution in [3.8, 4) is 5.75 Å². The highest BCUT2D eigenvalue weighted by Gasteiger charge is 2.43. The molecule has 2 aromatic carbocycles. The lowest BCUT2D eigenvalue weighted by atomic mass is 9.74. The van der Waals surface area contributed by atoms with Crippen LogP contribution in [-0.4, -0.2) is 62.4 Å². The Morgan fingerprint density at radius 2 is 1.87 bits per heavy atom. The van der Waals surface area contributed by atoms with E-state index in [1.165, 1.54) is 30.9 Å². The van der Waals surface area contributed by atoms with Crippen LogP contribution in [0.3, 0.4) is 0 Å². The van der Waals surface area contributed by atoms with Gasteiger partial charge in [-0.05, 0) is 68.7 Å². The lowest BCUT2D eigenvalue weighted by Gasteiger charge is -2.32. The zero-order valence-electron chi connectivity index (χ0n) is 26.2. The van der Waals surface area contributed by atoms with Crippen molar-refractivity contribution in [2.75, 3.05) is 33.5 Å². The van der Waals surface area contributed by atoms with Crippen LogP contribution < -0.4 is 4.74 Å². The summed E-state index contributed by atoms with van der Waals surface area (Å²) < 4.78 is 27.9. The Labute approximate surface area is 263 Å². The maximum absolute atomic E-state index is 13.4. The molecule has 0 N–H and O–H groups in total. The summed E-state index contributed by atoms with van der Waals surface area (Å²) in [7, 11) is 1.26. The molecule has 3 atom stereocenters. The Bertz CT molecular complexity index is 1380. The van der Waals surface area contributed by atoms with Crippen molar-refractivity contribution in [1.29, 1.82) is 0 Å². The predicted octanol–water partition coefficient (Wildman–Crippen LogP) is 6.09. The van der Waals surface area contributed by atoms with E-state index in [0.29, 0.717) is 43.0 Å². The van der Waals surface area contributed by atoms with Gasteiger partial charge in [0.15, 0.2) is 6.29 Å². The van der Waals surface area contributed by atoms with E-state index in [-0.39, 0.29) is 24.2 Å². The minimum Gasteiger partial charge on any atom is -0.493 e. The Hall–Kier alpha value is -4.09. The fraction of sp³-hybridized carbons (Fsp3) is 0.500. The van der Waals surface area contributed by atoms with Gasteiger partial charge < -0.3 is 23.7 Å². The molecule has 45 heavy (non-hydrogen) atoms. The van der Waals surface area contributed by atoms with Crippen LogP contribution in [0.4, 0.5) is 5.69 Å². The quantitative estimate of drug-likeness (QED) is 0.1000. The number of aliphatic imine (C=N–C) groups is 1. The second-order valence-corrected chi connectivity index (χ2v) is 11.0. The number of carbonyl (C=O) groups is 2. The zero-order valence-corrected chi connectivity index (χ0v) is 26.2. The van der Waals surface area contributed by atoms with Gasteiger partial charge in [0.25, 0.3) is 5.69 Å². The van der Waals surface area contributed by atoms with Crippen LogP contribution >= 0.6 is 0 Å². The van der Waals surface area contributed by atoms with E-state index in [9.17, 15) is 19.7 Å². The van der Waals surface area contributed by atoms with Gasteiger partial charge >= 0.3 is 11.9 Å². The van der Waals surface area contributed by atoms with Crippen molar-refractivity contribution in [2.45, 2.75) is 71.0 Å². The molecule has 242 valence electrons. The highest BCUT2D eigenvalue weighted by molar-refractivity contribution is 6.07. The number of benzene rings is 2. The van der Waals surface area contributed by atoms with Crippen LogP contribution in [0.25, 0.3) is 0 Å². The van der Waals surface area contributed by atoms with E-state index >= 15 is 0 Å². The maximum Gasteiger partial charge on any atom is 0.336 e. The summed E-state index contributed by atoms with van der Waals surface area (Å²) in [6.07, 6.45) is 5.85. The molecule has 0 bridgehead atoms. The standard InChI is InChI=1S/C34H42N2O9/c1-4-28-32(33(37)41-3)31(25-11-7-12-26(22-25)36(39)40)30(23(2)35-28)34(38)45-21-9-20-42-27-16-14-24(15-17-27)10-8-19-44-29-13-5-6-18-43-29/h7,11-12,14-17,22,29,31-32H,4-6,8-10,13,18-21H2,1-3H3. The molecule has 0 radical (unpaired) electrons. The first kappa shape index (κ1) is 33.8. The van der Waals surface area contributed by atoms with E-state index in [1.807, 2.05) is 31.2 Å². The summed E-state index contributed by atoms with van der Waals surface area (Å²) in [6.45, 7) is 5.38. The van der Waals surface area contributed by atoms with Gasteiger partial charge in [-0.15, -0.1) is 0 Å². The monoisotopic (exact) mass is 622 g/mol. The van der Waals surface area contributed by atoms with E-state index in [2.05, 4.69) is 4.99 Å². The van der Waals surface area contributed by atoms with Gasteiger partial charge in [-0.3, -0.25) is 19.9 Å². The molecule has 3 unspecified atom stereocenters. The summed E-state index contributed by atoms with van der Waals surface area (Å²) in [6, 6.07) is 13.8. The molecule has 1 saturated heterocycles. The SMILES string of the molecule is CCC1=NC(C)=C(C(=O)OCCCOc2ccc(CCCOC3CCCCO3)cc2)C(c2cccc([N+](=O)[O-])c2)C1C(=O)OC. The molecule has 0 amide bonds. The maximum atomic E-state index is 13.4. The van der Waals surface area contributed by atoms with Crippen molar-refractivity contribution in [3.05, 3.63) is 81.0 Å². The molecule has 11 nitrogen and oxygen atoms in total. The van der Waals surface area contributed by atoms with Crippen molar-refractivity contribution in [2.24, 2.45) is 10.9 Å². The molecule has 0 aromatic heterocycles. The number of hydrogen-bond donors (Lipinski definition) is 0. The number of nitro benzene ring substituents is 1. The third-order valence-electron chi connectivity index (χ3n) is 7.95. The second-order valence-electron chi connectivity index (χ2n) is 11.0. The van der Waals surface area contributed by atoms with E-state index in [4.69, 9.17) is 23.7 Å². The summed E-state index contributed by atoms with van der Waals surface area (Å²) in [5, 5.41) is 11.5. The molecular formula is C34H42N2O9. The topological polar surface area (TPSA) is 136 Å². The number of aryl methyl sites for hydroxylation is 1. The number of allylic oxidation sites excluding steroid dienone is 1. The number of hydrogen-bond acceptors (Lipinski definition) is 10. The molecule has 2 aromatic rings. The zero-order chi connectivity index (χ0) is 32.2. The molecule has 2 aliphatic heterocycles. The molecule has 11 heteroatoms. The summed E-state index contributed by atoms with van der Waals surface area (Å²) >= 11 is 0. The highest BCUT2D eigenvalue weighted by atomic mass is 16.7. The number of ether oxygens (including phenoxy) is 5. The number of esters is 2. The van der Waals surface area contributed by atoms with E-state index in [1.54, 1.807) is 13.0 Å². The van der Waals surface area contributed by atoms with Gasteiger partial charge in [0.05, 0.1) is 37.4 Å². The third-order valence-corrected chi connectivity index (χ3v) is 7.95. The lowest BCUT2D eigenvalue weighted by Crippen LogP contribution is -2.37. The second kappa shape index (κ2) is 16.8. The molecule has 0 spiro atoms. The molecule has 2 aliphatic rings. The Morgan fingerprint density at radius 3 is 2.56 bits per heavy atom. The minimum absolute atomic E-state index is 0.0642. The predicted molar refractivity (Wildman–Crippen MR) is 167 cm³/mol. The largest absolute Gasteiger partial charge is 0.493 e. The molecule has 2 heterocycles. The molecule has 4 rings (SSSR count). The lowest BCUT2D eigenvalue weighted by molar-refractivity contribution is -0.384. The Kier molecular flexibility index (Phi) is 12.6.